The van der Waals surface area contributed by atoms with E-state index in [1.54, 1.807) is 0 Å². The molecule has 0 aliphatic rings. The third-order valence-corrected chi connectivity index (χ3v) is 2.14. The molecule has 0 saturated heterocycles. The van der Waals surface area contributed by atoms with Gasteiger partial charge in [0.2, 0.25) is 0 Å². The van der Waals surface area contributed by atoms with Crippen LogP contribution < -0.4 is 0 Å². The number of carbonyl (C=O) groups is 1. The van der Waals surface area contributed by atoms with Gasteiger partial charge in [-0.05, 0) is 5.56 Å². The summed E-state index contributed by atoms with van der Waals surface area (Å²) >= 11 is 0. The second-order valence-electron chi connectivity index (χ2n) is 3.40. The van der Waals surface area contributed by atoms with Crippen LogP contribution in [-0.2, 0) is 17.4 Å². The van der Waals surface area contributed by atoms with Crippen LogP contribution in [0.5, 0.6) is 0 Å². The van der Waals surface area contributed by atoms with Crippen LogP contribution in [0.1, 0.15) is 28.8 Å². The molecule has 0 aromatic carbocycles. The second-order valence-corrected chi connectivity index (χ2v) is 3.40. The fourth-order valence-corrected chi connectivity index (χ4v) is 1.44. The number of nitrogens with zero attached hydrogens (tertiary/aromatic N) is 2. The summed E-state index contributed by atoms with van der Waals surface area (Å²) in [6.07, 6.45) is -9.14. The summed E-state index contributed by atoms with van der Waals surface area (Å²) in [5.74, 6) is -1.47. The minimum Gasteiger partial charge on any atom is -0.481 e. The number of halogens is 5. The predicted molar refractivity (Wildman–Crippen MR) is 50.3 cm³/mol. The van der Waals surface area contributed by atoms with Crippen molar-refractivity contribution in [1.29, 1.82) is 5.26 Å². The van der Waals surface area contributed by atoms with E-state index < -0.39 is 47.4 Å². The van der Waals surface area contributed by atoms with Crippen molar-refractivity contribution in [3.05, 3.63) is 28.6 Å². The molecule has 0 saturated carbocycles. The smallest absolute Gasteiger partial charge is 0.433 e. The van der Waals surface area contributed by atoms with E-state index >= 15 is 0 Å². The largest absolute Gasteiger partial charge is 0.481 e. The van der Waals surface area contributed by atoms with Gasteiger partial charge in [-0.1, -0.05) is 0 Å². The number of aromatic nitrogens is 1. The molecule has 1 heterocycles. The summed E-state index contributed by atoms with van der Waals surface area (Å²) in [7, 11) is 0. The van der Waals surface area contributed by atoms with E-state index in [1.165, 1.54) is 6.07 Å². The van der Waals surface area contributed by atoms with Crippen molar-refractivity contribution in [3.8, 4) is 6.07 Å². The Morgan fingerprint density at radius 3 is 2.42 bits per heavy atom. The Morgan fingerprint density at radius 1 is 1.47 bits per heavy atom. The van der Waals surface area contributed by atoms with Crippen molar-refractivity contribution < 1.29 is 31.9 Å². The summed E-state index contributed by atoms with van der Waals surface area (Å²) < 4.78 is 62.9. The number of hydrogen-bond donors (Lipinski definition) is 1. The quantitative estimate of drug-likeness (QED) is 0.863. The Balaban J connectivity index is 3.58. The maximum absolute atomic E-state index is 12.7. The Bertz CT molecular complexity index is 548. The van der Waals surface area contributed by atoms with E-state index in [-0.39, 0.29) is 0 Å². The van der Waals surface area contributed by atoms with Gasteiger partial charge in [0.05, 0.1) is 17.5 Å². The number of hydrogen-bond acceptors (Lipinski definition) is 3. The van der Waals surface area contributed by atoms with E-state index in [9.17, 15) is 26.7 Å². The Hall–Kier alpha value is -2.24. The molecule has 0 radical (unpaired) electrons. The second kappa shape index (κ2) is 5.17. The molecule has 0 atom stereocenters. The number of rotatable bonds is 3. The molecule has 102 valence electrons. The molecule has 0 spiro atoms. The van der Waals surface area contributed by atoms with Crippen molar-refractivity contribution in [2.75, 3.05) is 0 Å². The Morgan fingerprint density at radius 2 is 2.05 bits per heavy atom. The topological polar surface area (TPSA) is 74.0 Å². The first-order chi connectivity index (χ1) is 8.68. The molecule has 0 unspecified atom stereocenters. The first kappa shape index (κ1) is 14.8. The van der Waals surface area contributed by atoms with Gasteiger partial charge in [-0.2, -0.15) is 18.4 Å². The zero-order chi connectivity index (χ0) is 14.8. The fourth-order valence-electron chi connectivity index (χ4n) is 1.44. The molecule has 0 fully saturated rings. The monoisotopic (exact) mass is 280 g/mol. The van der Waals surface area contributed by atoms with Crippen molar-refractivity contribution in [3.63, 3.8) is 0 Å². The summed E-state index contributed by atoms with van der Waals surface area (Å²) in [6, 6.07) is 1.18. The lowest BCUT2D eigenvalue weighted by atomic mass is 10.00. The van der Waals surface area contributed by atoms with Crippen LogP contribution in [-0.4, -0.2) is 16.1 Å². The number of alkyl halides is 5. The summed E-state index contributed by atoms with van der Waals surface area (Å²) in [5, 5.41) is 17.2. The molecular formula is C10H5F5N2O2. The van der Waals surface area contributed by atoms with Gasteiger partial charge < -0.3 is 5.11 Å². The van der Waals surface area contributed by atoms with Crippen LogP contribution in [0.15, 0.2) is 6.20 Å². The molecule has 0 aliphatic carbocycles. The van der Waals surface area contributed by atoms with Crippen LogP contribution in [0.2, 0.25) is 0 Å². The van der Waals surface area contributed by atoms with Gasteiger partial charge >= 0.3 is 12.1 Å². The molecular weight excluding hydrogens is 275 g/mol. The summed E-state index contributed by atoms with van der Waals surface area (Å²) in [5.41, 5.74) is -4.96. The number of nitriles is 1. The molecule has 1 aromatic heterocycles. The zero-order valence-corrected chi connectivity index (χ0v) is 9.00. The lowest BCUT2D eigenvalue weighted by Crippen LogP contribution is -2.16. The number of carboxylic acids is 1. The van der Waals surface area contributed by atoms with E-state index in [0.29, 0.717) is 6.20 Å². The highest BCUT2D eigenvalue weighted by Crippen LogP contribution is 2.37. The van der Waals surface area contributed by atoms with E-state index in [0.717, 1.165) is 0 Å². The van der Waals surface area contributed by atoms with Crippen LogP contribution >= 0.6 is 0 Å². The SMILES string of the molecule is N#Cc1c(CC(=O)O)cnc(C(F)(F)F)c1C(F)F. The third-order valence-electron chi connectivity index (χ3n) is 2.14. The van der Waals surface area contributed by atoms with Gasteiger partial charge in [0.1, 0.15) is 6.07 Å². The van der Waals surface area contributed by atoms with Gasteiger partial charge in [-0.3, -0.25) is 9.78 Å². The lowest BCUT2D eigenvalue weighted by Gasteiger charge is -2.14. The van der Waals surface area contributed by atoms with E-state index in [1.807, 2.05) is 0 Å². The zero-order valence-electron chi connectivity index (χ0n) is 9.00. The molecule has 0 aliphatic heterocycles. The molecule has 4 nitrogen and oxygen atoms in total. The highest BCUT2D eigenvalue weighted by Gasteiger charge is 2.39. The average molecular weight is 280 g/mol. The Kier molecular flexibility index (Phi) is 4.04. The summed E-state index contributed by atoms with van der Waals surface area (Å²) in [4.78, 5) is 13.3. The van der Waals surface area contributed by atoms with Crippen LogP contribution in [0.3, 0.4) is 0 Å². The van der Waals surface area contributed by atoms with E-state index in [2.05, 4.69) is 4.98 Å². The minimum absolute atomic E-state index is 0.474. The molecule has 1 N–H and O–H groups in total. The van der Waals surface area contributed by atoms with Gasteiger partial charge in [-0.25, -0.2) is 8.78 Å². The van der Waals surface area contributed by atoms with Crippen molar-refractivity contribution in [1.82, 2.24) is 4.98 Å². The van der Waals surface area contributed by atoms with Gasteiger partial charge in [0, 0.05) is 6.20 Å². The maximum Gasteiger partial charge on any atom is 0.433 e. The molecule has 0 bridgehead atoms. The number of pyridine rings is 1. The molecule has 9 heteroatoms. The van der Waals surface area contributed by atoms with Gasteiger partial charge in [-0.15, -0.1) is 0 Å². The average Bonchev–Trinajstić information content (AvgIpc) is 2.25. The van der Waals surface area contributed by atoms with Gasteiger partial charge in [0.15, 0.2) is 5.69 Å². The standard InChI is InChI=1S/C10H5F5N2O2/c11-9(12)7-5(2-16)4(1-6(18)19)3-17-8(7)10(13,14)15/h3,9H,1H2,(H,18,19). The highest BCUT2D eigenvalue weighted by atomic mass is 19.4. The predicted octanol–water partition coefficient (Wildman–Crippen LogP) is 2.54. The summed E-state index contributed by atoms with van der Waals surface area (Å²) in [6.45, 7) is 0. The van der Waals surface area contributed by atoms with E-state index in [4.69, 9.17) is 10.4 Å². The van der Waals surface area contributed by atoms with Crippen molar-refractivity contribution >= 4 is 5.97 Å². The fraction of sp³-hybridized carbons (Fsp3) is 0.300. The molecule has 1 rings (SSSR count). The molecule has 1 aromatic rings. The number of aliphatic carboxylic acids is 1. The Labute approximate surface area is 103 Å². The van der Waals surface area contributed by atoms with Crippen molar-refractivity contribution in [2.24, 2.45) is 0 Å². The van der Waals surface area contributed by atoms with Crippen LogP contribution in [0.25, 0.3) is 0 Å². The first-order valence-corrected chi connectivity index (χ1v) is 4.67. The molecule has 19 heavy (non-hydrogen) atoms. The molecule has 0 amide bonds. The van der Waals surface area contributed by atoms with Crippen LogP contribution in [0.4, 0.5) is 22.0 Å². The van der Waals surface area contributed by atoms with Crippen LogP contribution in [0, 0.1) is 11.3 Å². The van der Waals surface area contributed by atoms with Gasteiger partial charge in [0.25, 0.3) is 6.43 Å². The maximum atomic E-state index is 12.7. The van der Waals surface area contributed by atoms with Crippen molar-refractivity contribution in [2.45, 2.75) is 19.0 Å². The number of carboxylic acid groups (broad SMARTS) is 1. The lowest BCUT2D eigenvalue weighted by molar-refractivity contribution is -0.143. The third kappa shape index (κ3) is 3.15. The highest BCUT2D eigenvalue weighted by molar-refractivity contribution is 5.71. The first-order valence-electron chi connectivity index (χ1n) is 4.67. The minimum atomic E-state index is -5.15. The normalized spacial score (nSPS) is 11.4.